The van der Waals surface area contributed by atoms with Gasteiger partial charge in [-0.05, 0) is 34.7 Å². The average molecular weight is 371 g/mol. The largest absolute Gasteiger partial charge is 0.431 e. The Bertz CT molecular complexity index is 396. The van der Waals surface area contributed by atoms with Crippen LogP contribution < -0.4 is 0 Å². The van der Waals surface area contributed by atoms with E-state index in [4.69, 9.17) is 4.42 Å². The molecule has 0 atom stereocenters. The van der Waals surface area contributed by atoms with Crippen LogP contribution in [0.4, 0.5) is 0 Å². The first-order chi connectivity index (χ1) is 5.29. The summed E-state index contributed by atoms with van der Waals surface area (Å²) in [6, 6.07) is 3.92. The third-order valence-electron chi connectivity index (χ3n) is 1.37. The van der Waals surface area contributed by atoms with Crippen molar-refractivity contribution in [3.8, 4) is 0 Å². The Morgan fingerprint density at radius 1 is 1.36 bits per heavy atom. The molecule has 0 amide bonds. The number of aromatic nitrogens is 1. The summed E-state index contributed by atoms with van der Waals surface area (Å²) in [6.45, 7) is 0. The maximum absolute atomic E-state index is 5.37. The summed E-state index contributed by atoms with van der Waals surface area (Å²) in [5, 5.41) is 1.09. The van der Waals surface area contributed by atoms with Crippen LogP contribution in [-0.2, 0) is 0 Å². The highest BCUT2D eigenvalue weighted by Gasteiger charge is 2.08. The van der Waals surface area contributed by atoms with Crippen molar-refractivity contribution < 1.29 is 4.42 Å². The van der Waals surface area contributed by atoms with Crippen molar-refractivity contribution in [2.45, 2.75) is 0 Å². The van der Waals surface area contributed by atoms with Crippen LogP contribution in [0.15, 0.2) is 22.7 Å². The van der Waals surface area contributed by atoms with Gasteiger partial charge in [-0.15, -0.1) is 0 Å². The Kier molecular flexibility index (Phi) is 2.04. The van der Waals surface area contributed by atoms with Crippen LogP contribution in [0.1, 0.15) is 0 Å². The molecular weight excluding hydrogens is 368 g/mol. The molecule has 0 fully saturated rings. The molecule has 0 saturated heterocycles. The number of hydrogen-bond acceptors (Lipinski definition) is 2. The molecule has 2 heterocycles. The molecule has 0 aliphatic heterocycles. The zero-order chi connectivity index (χ0) is 7.84. The second-order valence-corrected chi connectivity index (χ2v) is 4.10. The van der Waals surface area contributed by atoms with Crippen LogP contribution in [0.25, 0.3) is 11.1 Å². The van der Waals surface area contributed by atoms with Gasteiger partial charge in [0.1, 0.15) is 0 Å². The van der Waals surface area contributed by atoms with Crippen molar-refractivity contribution in [3.05, 3.63) is 25.7 Å². The lowest BCUT2D eigenvalue weighted by Crippen LogP contribution is -1.70. The second kappa shape index (κ2) is 2.89. The summed E-state index contributed by atoms with van der Waals surface area (Å²) in [4.78, 5) is 4.09. The van der Waals surface area contributed by atoms with Gasteiger partial charge in [-0.3, -0.25) is 0 Å². The van der Waals surface area contributed by atoms with E-state index in [-0.39, 0.29) is 0 Å². The number of nitrogens with zero attached hydrogens (tertiary/aromatic N) is 1. The Morgan fingerprint density at radius 2 is 2.18 bits per heavy atom. The normalized spacial score (nSPS) is 10.7. The molecule has 4 heteroatoms. The second-order valence-electron chi connectivity index (χ2n) is 2.05. The van der Waals surface area contributed by atoms with Crippen molar-refractivity contribution in [3.63, 3.8) is 0 Å². The monoisotopic (exact) mass is 371 g/mol. The summed E-state index contributed by atoms with van der Waals surface area (Å²) in [7, 11) is 0. The molecule has 0 spiro atoms. The molecule has 0 bridgehead atoms. The molecule has 2 aromatic rings. The molecule has 11 heavy (non-hydrogen) atoms. The summed E-state index contributed by atoms with van der Waals surface area (Å²) in [6.07, 6.45) is 1.73. The van der Waals surface area contributed by atoms with E-state index in [1.807, 2.05) is 12.1 Å². The Balaban J connectivity index is 2.92. The van der Waals surface area contributed by atoms with Gasteiger partial charge in [0.2, 0.25) is 5.71 Å². The lowest BCUT2D eigenvalue weighted by Gasteiger charge is -1.82. The predicted molar refractivity (Wildman–Crippen MR) is 59.4 cm³/mol. The summed E-state index contributed by atoms with van der Waals surface area (Å²) < 4.78 is 7.43. The van der Waals surface area contributed by atoms with Gasteiger partial charge in [0, 0.05) is 28.8 Å². The molecular formula is C7H3I2NO. The van der Waals surface area contributed by atoms with E-state index >= 15 is 0 Å². The van der Waals surface area contributed by atoms with Crippen LogP contribution >= 0.6 is 45.2 Å². The van der Waals surface area contributed by atoms with Crippen molar-refractivity contribution in [1.29, 1.82) is 0 Å². The molecule has 0 radical (unpaired) electrons. The molecule has 0 aliphatic carbocycles. The minimum absolute atomic E-state index is 0.723. The third kappa shape index (κ3) is 1.26. The van der Waals surface area contributed by atoms with Crippen LogP contribution in [0.2, 0.25) is 0 Å². The van der Waals surface area contributed by atoms with Gasteiger partial charge in [0.05, 0.1) is 8.96 Å². The van der Waals surface area contributed by atoms with Crippen molar-refractivity contribution >= 4 is 56.3 Å². The summed E-state index contributed by atoms with van der Waals surface area (Å²) in [5.41, 5.74) is 0.723. The summed E-state index contributed by atoms with van der Waals surface area (Å²) in [5.74, 6) is 0. The molecule has 56 valence electrons. The number of furan rings is 1. The Morgan fingerprint density at radius 3 is 2.91 bits per heavy atom. The molecule has 0 N–H and O–H groups in total. The number of rotatable bonds is 0. The topological polar surface area (TPSA) is 26.0 Å². The Labute approximate surface area is 90.7 Å². The van der Waals surface area contributed by atoms with Gasteiger partial charge in [-0.25, -0.2) is 4.98 Å². The Hall–Kier alpha value is 0.150. The van der Waals surface area contributed by atoms with Crippen LogP contribution in [0.3, 0.4) is 0 Å². The van der Waals surface area contributed by atoms with Gasteiger partial charge < -0.3 is 4.42 Å². The first-order valence-electron chi connectivity index (χ1n) is 2.97. The number of hydrogen-bond donors (Lipinski definition) is 0. The molecule has 0 aromatic carbocycles. The van der Waals surface area contributed by atoms with Gasteiger partial charge in [-0.1, -0.05) is 0 Å². The predicted octanol–water partition coefficient (Wildman–Crippen LogP) is 3.04. The lowest BCUT2D eigenvalue weighted by atomic mass is 10.3. The van der Waals surface area contributed by atoms with Gasteiger partial charge in [-0.2, -0.15) is 0 Å². The van der Waals surface area contributed by atoms with Crippen LogP contribution in [-0.4, -0.2) is 4.98 Å². The van der Waals surface area contributed by atoms with E-state index in [2.05, 4.69) is 50.2 Å². The maximum atomic E-state index is 5.37. The average Bonchev–Trinajstić information content (AvgIpc) is 2.30. The van der Waals surface area contributed by atoms with E-state index < -0.39 is 0 Å². The first-order valence-corrected chi connectivity index (χ1v) is 5.13. The number of halogens is 2. The fourth-order valence-corrected chi connectivity index (χ4v) is 1.89. The third-order valence-corrected chi connectivity index (χ3v) is 4.23. The highest BCUT2D eigenvalue weighted by Crippen LogP contribution is 2.26. The number of fused-ring (bicyclic) bond motifs is 1. The first kappa shape index (κ1) is 7.78. The summed E-state index contributed by atoms with van der Waals surface area (Å²) >= 11 is 4.42. The minimum atomic E-state index is 0.723. The van der Waals surface area contributed by atoms with Crippen molar-refractivity contribution in [2.24, 2.45) is 0 Å². The molecule has 2 rings (SSSR count). The highest BCUT2D eigenvalue weighted by atomic mass is 127. The quantitative estimate of drug-likeness (QED) is 0.666. The van der Waals surface area contributed by atoms with E-state index in [0.29, 0.717) is 0 Å². The maximum Gasteiger partial charge on any atom is 0.228 e. The van der Waals surface area contributed by atoms with Crippen LogP contribution in [0, 0.1) is 7.34 Å². The molecule has 2 aromatic heterocycles. The standard InChI is InChI=1S/C7H3I2NO/c8-5-4-2-1-3-10-7(4)11-6(5)9/h1-3H. The molecule has 0 unspecified atom stereocenters. The van der Waals surface area contributed by atoms with E-state index in [9.17, 15) is 0 Å². The molecule has 0 saturated carbocycles. The van der Waals surface area contributed by atoms with Gasteiger partial charge >= 0.3 is 0 Å². The highest BCUT2D eigenvalue weighted by molar-refractivity contribution is 14.1. The minimum Gasteiger partial charge on any atom is -0.431 e. The number of pyridine rings is 1. The van der Waals surface area contributed by atoms with Crippen molar-refractivity contribution in [1.82, 2.24) is 4.98 Å². The fourth-order valence-electron chi connectivity index (χ4n) is 0.875. The smallest absolute Gasteiger partial charge is 0.228 e. The SMILES string of the molecule is Ic1oc2ncccc2c1I. The van der Waals surface area contributed by atoms with Gasteiger partial charge in [0.15, 0.2) is 3.77 Å². The van der Waals surface area contributed by atoms with Gasteiger partial charge in [0.25, 0.3) is 0 Å². The van der Waals surface area contributed by atoms with E-state index in [1.165, 1.54) is 0 Å². The fraction of sp³-hybridized carbons (Fsp3) is 0. The zero-order valence-corrected chi connectivity index (χ0v) is 9.66. The molecule has 2 nitrogen and oxygen atoms in total. The lowest BCUT2D eigenvalue weighted by molar-refractivity contribution is 0.570. The van der Waals surface area contributed by atoms with Crippen LogP contribution in [0.5, 0.6) is 0 Å². The van der Waals surface area contributed by atoms with E-state index in [1.54, 1.807) is 6.20 Å². The molecule has 0 aliphatic rings. The zero-order valence-electron chi connectivity index (χ0n) is 5.34. The van der Waals surface area contributed by atoms with E-state index in [0.717, 1.165) is 18.4 Å². The van der Waals surface area contributed by atoms with Crippen molar-refractivity contribution in [2.75, 3.05) is 0 Å².